The van der Waals surface area contributed by atoms with E-state index < -0.39 is 0 Å². The van der Waals surface area contributed by atoms with Crippen LogP contribution in [-0.2, 0) is 17.4 Å². The third-order valence-corrected chi connectivity index (χ3v) is 9.10. The number of quaternary nitrogens is 1. The molecule has 0 amide bonds. The molecule has 0 aliphatic heterocycles. The van der Waals surface area contributed by atoms with Crippen LogP contribution in [0, 0.1) is 0 Å². The van der Waals surface area contributed by atoms with Crippen LogP contribution in [0.1, 0.15) is 146 Å². The molecule has 1 aliphatic carbocycles. The summed E-state index contributed by atoms with van der Waals surface area (Å²) in [6, 6.07) is 6.02. The molecule has 1 saturated carbocycles. The minimum atomic E-state index is -0.261. The van der Waals surface area contributed by atoms with Gasteiger partial charge in [0.2, 0.25) is 0 Å². The molecule has 2 unspecified atom stereocenters. The zero-order valence-corrected chi connectivity index (χ0v) is 28.6. The lowest BCUT2D eigenvalue weighted by molar-refractivity contribution is -0.961. The molecule has 2 atom stereocenters. The van der Waals surface area contributed by atoms with Gasteiger partial charge in [-0.2, -0.15) is 0 Å². The summed E-state index contributed by atoms with van der Waals surface area (Å²) < 4.78 is 7.92. The van der Waals surface area contributed by atoms with Crippen LogP contribution in [0.25, 0.3) is 0 Å². The lowest BCUT2D eigenvalue weighted by atomic mass is 9.78. The molecule has 0 spiro atoms. The first kappa shape index (κ1) is 33.1. The zero-order chi connectivity index (χ0) is 29.7. The van der Waals surface area contributed by atoms with Crippen LogP contribution in [0.4, 0.5) is 0 Å². The predicted octanol–water partition coefficient (Wildman–Crippen LogP) is 9.25. The molecule has 0 saturated heterocycles. The minimum absolute atomic E-state index is 0.0123. The molecule has 220 valence electrons. The highest BCUT2D eigenvalue weighted by Crippen LogP contribution is 2.43. The largest absolute Gasteiger partial charge is 0.488 e. The first-order chi connectivity index (χ1) is 16.8. The molecule has 1 fully saturated rings. The molecular formula is C35H65N2O+. The maximum atomic E-state index is 6.88. The number of rotatable bonds is 5. The van der Waals surface area contributed by atoms with Crippen LogP contribution in [0.15, 0.2) is 12.1 Å². The molecule has 0 N–H and O–H groups in total. The molecule has 1 aromatic rings. The average Bonchev–Trinajstić information content (AvgIpc) is 2.68. The molecule has 38 heavy (non-hydrogen) atoms. The van der Waals surface area contributed by atoms with Crippen LogP contribution in [0.3, 0.4) is 0 Å². The summed E-state index contributed by atoms with van der Waals surface area (Å²) in [4.78, 5) is 2.84. The molecule has 3 heteroatoms. The van der Waals surface area contributed by atoms with Gasteiger partial charge in [0.15, 0.2) is 0 Å². The Morgan fingerprint density at radius 3 is 1.71 bits per heavy atom. The van der Waals surface area contributed by atoms with Crippen molar-refractivity contribution in [2.45, 2.75) is 176 Å². The molecular weight excluding hydrogens is 464 g/mol. The van der Waals surface area contributed by atoms with Crippen molar-refractivity contribution < 1.29 is 9.22 Å². The summed E-state index contributed by atoms with van der Waals surface area (Å²) in [6.45, 7) is 36.0. The van der Waals surface area contributed by atoms with Gasteiger partial charge in [0.25, 0.3) is 0 Å². The quantitative estimate of drug-likeness (QED) is 0.352. The first-order valence-corrected chi connectivity index (χ1v) is 15.2. The van der Waals surface area contributed by atoms with Crippen molar-refractivity contribution >= 4 is 0 Å². The maximum absolute atomic E-state index is 6.88. The summed E-state index contributed by atoms with van der Waals surface area (Å²) in [7, 11) is 4.94. The Morgan fingerprint density at radius 2 is 1.29 bits per heavy atom. The number of hydrogen-bond acceptors (Lipinski definition) is 2. The standard InChI is InChI=1S/C35H65N2O/c1-31(2,3)26-22-25(30(38-35(13,14)15)27(23-26)32(4,5)6)24-36(33(7,8)9)28-20-18-19-21-29(28)37(16,17)34(10,11)12/h22-23,28-29H,18-21,24H2,1-17H3/q+1. The predicted molar refractivity (Wildman–Crippen MR) is 167 cm³/mol. The van der Waals surface area contributed by atoms with Crippen molar-refractivity contribution in [1.82, 2.24) is 4.90 Å². The molecule has 1 aromatic carbocycles. The van der Waals surface area contributed by atoms with E-state index >= 15 is 0 Å². The van der Waals surface area contributed by atoms with Gasteiger partial charge >= 0.3 is 0 Å². The SMILES string of the molecule is CC(C)(C)Oc1c(CN(C2CCCCC2[N+](C)(C)C(C)(C)C)C(C)(C)C)cc(C(C)(C)C)cc1C(C)(C)C. The van der Waals surface area contributed by atoms with E-state index in [0.717, 1.165) is 16.8 Å². The Labute approximate surface area is 238 Å². The first-order valence-electron chi connectivity index (χ1n) is 15.2. The number of nitrogens with zero attached hydrogens (tertiary/aromatic N) is 2. The molecule has 0 radical (unpaired) electrons. The van der Waals surface area contributed by atoms with Gasteiger partial charge in [-0.1, -0.05) is 60.1 Å². The van der Waals surface area contributed by atoms with Gasteiger partial charge in [-0.25, -0.2) is 0 Å². The van der Waals surface area contributed by atoms with Gasteiger partial charge in [0, 0.05) is 29.6 Å². The summed E-state index contributed by atoms with van der Waals surface area (Å²) in [5.41, 5.74) is 4.10. The zero-order valence-electron chi connectivity index (χ0n) is 28.6. The Morgan fingerprint density at radius 1 is 0.763 bits per heavy atom. The van der Waals surface area contributed by atoms with E-state index in [1.807, 2.05) is 0 Å². The van der Waals surface area contributed by atoms with Crippen LogP contribution in [0.2, 0.25) is 0 Å². The molecule has 0 aromatic heterocycles. The molecule has 1 aliphatic rings. The number of benzene rings is 1. The normalized spacial score (nSPS) is 20.7. The Bertz CT molecular complexity index is 939. The lowest BCUT2D eigenvalue weighted by Gasteiger charge is -2.56. The van der Waals surface area contributed by atoms with Gasteiger partial charge in [-0.05, 0) is 91.5 Å². The highest BCUT2D eigenvalue weighted by molar-refractivity contribution is 5.50. The molecule has 0 bridgehead atoms. The fourth-order valence-electron chi connectivity index (χ4n) is 5.96. The maximum Gasteiger partial charge on any atom is 0.128 e. The Hall–Kier alpha value is -1.06. The van der Waals surface area contributed by atoms with Crippen molar-refractivity contribution in [3.63, 3.8) is 0 Å². The van der Waals surface area contributed by atoms with Crippen molar-refractivity contribution in [1.29, 1.82) is 0 Å². The second-order valence-corrected chi connectivity index (χ2v) is 17.7. The van der Waals surface area contributed by atoms with Crippen molar-refractivity contribution in [3.8, 4) is 5.75 Å². The van der Waals surface area contributed by atoms with Crippen LogP contribution < -0.4 is 4.74 Å². The van der Waals surface area contributed by atoms with E-state index in [9.17, 15) is 0 Å². The highest BCUT2D eigenvalue weighted by atomic mass is 16.5. The van der Waals surface area contributed by atoms with Gasteiger partial charge in [0.05, 0.1) is 25.7 Å². The fraction of sp³-hybridized carbons (Fsp3) is 0.829. The van der Waals surface area contributed by atoms with E-state index in [4.69, 9.17) is 4.74 Å². The van der Waals surface area contributed by atoms with E-state index in [0.29, 0.717) is 12.1 Å². The van der Waals surface area contributed by atoms with Crippen LogP contribution in [-0.4, -0.2) is 52.2 Å². The third kappa shape index (κ3) is 7.78. The van der Waals surface area contributed by atoms with Crippen molar-refractivity contribution in [2.24, 2.45) is 0 Å². The van der Waals surface area contributed by atoms with Crippen LogP contribution >= 0.6 is 0 Å². The number of likely N-dealkylation sites (N-methyl/N-ethyl adjacent to an activating group) is 1. The minimum Gasteiger partial charge on any atom is -0.488 e. The van der Waals surface area contributed by atoms with Crippen molar-refractivity contribution in [2.75, 3.05) is 14.1 Å². The lowest BCUT2D eigenvalue weighted by Crippen LogP contribution is -2.68. The highest BCUT2D eigenvalue weighted by Gasteiger charge is 2.48. The summed E-state index contributed by atoms with van der Waals surface area (Å²) >= 11 is 0. The Balaban J connectivity index is 2.80. The van der Waals surface area contributed by atoms with Crippen LogP contribution in [0.5, 0.6) is 5.75 Å². The van der Waals surface area contributed by atoms with E-state index in [2.05, 4.69) is 135 Å². The average molecular weight is 530 g/mol. The fourth-order valence-corrected chi connectivity index (χ4v) is 5.96. The smallest absolute Gasteiger partial charge is 0.128 e. The molecule has 2 rings (SSSR count). The van der Waals surface area contributed by atoms with Gasteiger partial charge in [-0.3, -0.25) is 4.90 Å². The van der Waals surface area contributed by atoms with Gasteiger partial charge in [-0.15, -0.1) is 0 Å². The van der Waals surface area contributed by atoms with E-state index in [1.54, 1.807) is 0 Å². The summed E-state index contributed by atoms with van der Waals surface area (Å²) in [5.74, 6) is 1.10. The molecule has 3 nitrogen and oxygen atoms in total. The second-order valence-electron chi connectivity index (χ2n) is 17.7. The van der Waals surface area contributed by atoms with E-state index in [1.165, 1.54) is 42.4 Å². The molecule has 0 heterocycles. The number of ether oxygens (including phenoxy) is 1. The summed E-state index contributed by atoms with van der Waals surface area (Å²) in [5, 5.41) is 0. The monoisotopic (exact) mass is 530 g/mol. The van der Waals surface area contributed by atoms with Gasteiger partial charge in [0.1, 0.15) is 17.4 Å². The topological polar surface area (TPSA) is 12.5 Å². The Kier molecular flexibility index (Phi) is 9.36. The second kappa shape index (κ2) is 10.7. The summed E-state index contributed by atoms with van der Waals surface area (Å²) in [6.07, 6.45) is 5.21. The third-order valence-electron chi connectivity index (χ3n) is 9.10. The van der Waals surface area contributed by atoms with Gasteiger partial charge < -0.3 is 9.22 Å². The number of hydrogen-bond donors (Lipinski definition) is 0. The van der Waals surface area contributed by atoms with Crippen molar-refractivity contribution in [3.05, 3.63) is 28.8 Å². The van der Waals surface area contributed by atoms with E-state index in [-0.39, 0.29) is 27.5 Å².